The number of amides is 2. The predicted octanol–water partition coefficient (Wildman–Crippen LogP) is 3.78. The molecule has 1 atom stereocenters. The third kappa shape index (κ3) is 4.85. The number of hydrogen-bond acceptors (Lipinski definition) is 3. The Kier molecular flexibility index (Phi) is 6.40. The molecule has 2 fully saturated rings. The zero-order chi connectivity index (χ0) is 21.1. The van der Waals surface area contributed by atoms with Gasteiger partial charge in [0.2, 0.25) is 11.8 Å². The maximum Gasteiger partial charge on any atom is 0.227 e. The summed E-state index contributed by atoms with van der Waals surface area (Å²) in [5.41, 5.74) is 3.06. The summed E-state index contributed by atoms with van der Waals surface area (Å²) in [6, 6.07) is 16.3. The SMILES string of the molecule is Cc1ccc(N2C[C@@H](C(=O)NC3CCN(Cc4ccccc4)CC3)CC2=O)cc1Cl. The highest BCUT2D eigenvalue weighted by molar-refractivity contribution is 6.31. The van der Waals surface area contributed by atoms with Crippen LogP contribution in [0, 0.1) is 12.8 Å². The van der Waals surface area contributed by atoms with Crippen LogP contribution in [0.3, 0.4) is 0 Å². The smallest absolute Gasteiger partial charge is 0.227 e. The number of benzene rings is 2. The quantitative estimate of drug-likeness (QED) is 0.793. The summed E-state index contributed by atoms with van der Waals surface area (Å²) < 4.78 is 0. The highest BCUT2D eigenvalue weighted by atomic mass is 35.5. The van der Waals surface area contributed by atoms with E-state index in [1.54, 1.807) is 11.0 Å². The van der Waals surface area contributed by atoms with Crippen LogP contribution in [0.4, 0.5) is 5.69 Å². The van der Waals surface area contributed by atoms with E-state index >= 15 is 0 Å². The average Bonchev–Trinajstić information content (AvgIpc) is 3.14. The summed E-state index contributed by atoms with van der Waals surface area (Å²) in [6.45, 7) is 5.23. The molecule has 0 spiro atoms. The maximum absolute atomic E-state index is 12.8. The summed E-state index contributed by atoms with van der Waals surface area (Å²) in [5.74, 6) is -0.335. The highest BCUT2D eigenvalue weighted by Crippen LogP contribution is 2.29. The average molecular weight is 426 g/mol. The Morgan fingerprint density at radius 2 is 1.87 bits per heavy atom. The number of carbonyl (C=O) groups is 2. The fourth-order valence-corrected chi connectivity index (χ4v) is 4.45. The van der Waals surface area contributed by atoms with Crippen LogP contribution in [-0.2, 0) is 16.1 Å². The summed E-state index contributed by atoms with van der Waals surface area (Å²) in [4.78, 5) is 29.4. The van der Waals surface area contributed by atoms with Crippen LogP contribution in [0.15, 0.2) is 48.5 Å². The van der Waals surface area contributed by atoms with E-state index < -0.39 is 0 Å². The molecular weight excluding hydrogens is 398 g/mol. The van der Waals surface area contributed by atoms with Crippen LogP contribution < -0.4 is 10.2 Å². The molecule has 0 unspecified atom stereocenters. The summed E-state index contributed by atoms with van der Waals surface area (Å²) in [6.07, 6.45) is 2.14. The summed E-state index contributed by atoms with van der Waals surface area (Å²) in [7, 11) is 0. The normalized spacial score (nSPS) is 20.5. The molecule has 0 radical (unpaired) electrons. The van der Waals surface area contributed by atoms with Crippen molar-refractivity contribution in [1.82, 2.24) is 10.2 Å². The van der Waals surface area contributed by atoms with Crippen molar-refractivity contribution in [2.75, 3.05) is 24.5 Å². The van der Waals surface area contributed by atoms with Crippen molar-refractivity contribution in [3.05, 3.63) is 64.7 Å². The first-order valence-corrected chi connectivity index (χ1v) is 11.0. The topological polar surface area (TPSA) is 52.7 Å². The van der Waals surface area contributed by atoms with Gasteiger partial charge in [-0.3, -0.25) is 14.5 Å². The van der Waals surface area contributed by atoms with Gasteiger partial charge in [-0.2, -0.15) is 0 Å². The molecule has 2 aromatic carbocycles. The standard InChI is InChI=1S/C24H28ClN3O2/c1-17-7-8-21(14-22(17)25)28-16-19(13-23(28)29)24(30)26-20-9-11-27(12-10-20)15-18-5-3-2-4-6-18/h2-8,14,19-20H,9-13,15-16H2,1H3,(H,26,30)/t19-/m0/s1. The van der Waals surface area contributed by atoms with Gasteiger partial charge in [0.15, 0.2) is 0 Å². The Balaban J connectivity index is 1.27. The minimum Gasteiger partial charge on any atom is -0.353 e. The Labute approximate surface area is 183 Å². The molecule has 2 aromatic rings. The van der Waals surface area contributed by atoms with Crippen LogP contribution in [0.25, 0.3) is 0 Å². The lowest BCUT2D eigenvalue weighted by Crippen LogP contribution is -2.46. The molecule has 0 aromatic heterocycles. The monoisotopic (exact) mass is 425 g/mol. The van der Waals surface area contributed by atoms with Gasteiger partial charge in [0.1, 0.15) is 0 Å². The van der Waals surface area contributed by atoms with E-state index in [4.69, 9.17) is 11.6 Å². The fraction of sp³-hybridized carbons (Fsp3) is 0.417. The molecule has 1 N–H and O–H groups in total. The van der Waals surface area contributed by atoms with Crippen molar-refractivity contribution in [3.8, 4) is 0 Å². The van der Waals surface area contributed by atoms with Crippen molar-refractivity contribution in [1.29, 1.82) is 0 Å². The molecule has 5 nitrogen and oxygen atoms in total. The summed E-state index contributed by atoms with van der Waals surface area (Å²) >= 11 is 6.21. The van der Waals surface area contributed by atoms with Gasteiger partial charge < -0.3 is 10.2 Å². The first kappa shape index (κ1) is 20.9. The number of aryl methyl sites for hydroxylation is 1. The highest BCUT2D eigenvalue weighted by Gasteiger charge is 2.36. The number of piperidine rings is 1. The number of anilines is 1. The third-order valence-corrected chi connectivity index (χ3v) is 6.55. The molecule has 0 bridgehead atoms. The number of hydrogen-bond donors (Lipinski definition) is 1. The lowest BCUT2D eigenvalue weighted by Gasteiger charge is -2.32. The van der Waals surface area contributed by atoms with Crippen LogP contribution in [-0.4, -0.2) is 42.4 Å². The van der Waals surface area contributed by atoms with E-state index in [9.17, 15) is 9.59 Å². The third-order valence-electron chi connectivity index (χ3n) is 6.15. The van der Waals surface area contributed by atoms with Gasteiger partial charge in [-0.05, 0) is 43.0 Å². The number of nitrogens with zero attached hydrogens (tertiary/aromatic N) is 2. The molecule has 2 aliphatic rings. The van der Waals surface area contributed by atoms with Crippen LogP contribution in [0.1, 0.15) is 30.4 Å². The largest absolute Gasteiger partial charge is 0.353 e. The van der Waals surface area contributed by atoms with E-state index in [1.165, 1.54) is 5.56 Å². The first-order chi connectivity index (χ1) is 14.5. The van der Waals surface area contributed by atoms with Crippen molar-refractivity contribution >= 4 is 29.1 Å². The van der Waals surface area contributed by atoms with Crippen LogP contribution in [0.5, 0.6) is 0 Å². The van der Waals surface area contributed by atoms with Gasteiger partial charge in [0.25, 0.3) is 0 Å². The van der Waals surface area contributed by atoms with Gasteiger partial charge in [-0.25, -0.2) is 0 Å². The molecule has 0 saturated carbocycles. The Bertz CT molecular complexity index is 910. The minimum atomic E-state index is -0.306. The molecule has 6 heteroatoms. The van der Waals surface area contributed by atoms with Crippen molar-refractivity contribution in [3.63, 3.8) is 0 Å². The number of rotatable bonds is 5. The molecule has 0 aliphatic carbocycles. The van der Waals surface area contributed by atoms with Gasteiger partial charge in [0, 0.05) is 49.4 Å². The molecule has 2 aliphatic heterocycles. The van der Waals surface area contributed by atoms with Gasteiger partial charge in [-0.1, -0.05) is 48.0 Å². The second kappa shape index (κ2) is 9.19. The zero-order valence-electron chi connectivity index (χ0n) is 17.3. The van der Waals surface area contributed by atoms with Gasteiger partial charge >= 0.3 is 0 Å². The molecule has 158 valence electrons. The second-order valence-corrected chi connectivity index (χ2v) is 8.79. The molecule has 30 heavy (non-hydrogen) atoms. The summed E-state index contributed by atoms with van der Waals surface area (Å²) in [5, 5.41) is 3.82. The lowest BCUT2D eigenvalue weighted by molar-refractivity contribution is -0.127. The van der Waals surface area contributed by atoms with E-state index in [0.717, 1.165) is 43.7 Å². The maximum atomic E-state index is 12.8. The van der Waals surface area contributed by atoms with Crippen LogP contribution >= 0.6 is 11.6 Å². The van der Waals surface area contributed by atoms with E-state index in [0.29, 0.717) is 11.6 Å². The van der Waals surface area contributed by atoms with E-state index in [2.05, 4.69) is 34.5 Å². The number of halogens is 1. The molecular formula is C24H28ClN3O2. The van der Waals surface area contributed by atoms with E-state index in [-0.39, 0.29) is 30.2 Å². The molecule has 2 heterocycles. The Morgan fingerprint density at radius 3 is 2.57 bits per heavy atom. The molecule has 2 saturated heterocycles. The lowest BCUT2D eigenvalue weighted by atomic mass is 10.0. The number of likely N-dealkylation sites (tertiary alicyclic amines) is 1. The van der Waals surface area contributed by atoms with Crippen LogP contribution in [0.2, 0.25) is 5.02 Å². The van der Waals surface area contributed by atoms with Crippen molar-refractivity contribution in [2.24, 2.45) is 5.92 Å². The second-order valence-electron chi connectivity index (χ2n) is 8.38. The zero-order valence-corrected chi connectivity index (χ0v) is 18.1. The van der Waals surface area contributed by atoms with Crippen molar-refractivity contribution in [2.45, 2.75) is 38.8 Å². The van der Waals surface area contributed by atoms with Gasteiger partial charge in [-0.15, -0.1) is 0 Å². The first-order valence-electron chi connectivity index (χ1n) is 10.6. The number of carbonyl (C=O) groups excluding carboxylic acids is 2. The molecule has 2 amide bonds. The Hall–Kier alpha value is -2.37. The molecule has 4 rings (SSSR count). The van der Waals surface area contributed by atoms with E-state index in [1.807, 2.05) is 25.1 Å². The van der Waals surface area contributed by atoms with Crippen molar-refractivity contribution < 1.29 is 9.59 Å². The Morgan fingerprint density at radius 1 is 1.13 bits per heavy atom. The number of nitrogens with one attached hydrogen (secondary N) is 1. The van der Waals surface area contributed by atoms with Gasteiger partial charge in [0.05, 0.1) is 5.92 Å². The predicted molar refractivity (Wildman–Crippen MR) is 120 cm³/mol. The minimum absolute atomic E-state index is 0.00873. The fourth-order valence-electron chi connectivity index (χ4n) is 4.28.